The smallest absolute Gasteiger partial charge is 0.335 e. The van der Waals surface area contributed by atoms with Crippen LogP contribution in [0, 0.1) is 17.4 Å². The number of phenolic OH excluding ortho intramolecular Hbond substituents is 1. The van der Waals surface area contributed by atoms with Crippen molar-refractivity contribution >= 4 is 52.2 Å². The molecule has 8 heteroatoms. The molecule has 0 aromatic heterocycles. The number of phenols is 1. The van der Waals surface area contributed by atoms with Crippen molar-refractivity contribution in [3.8, 4) is 11.5 Å². The fraction of sp³-hybridized carbons (Fsp3) is 0.150. The number of barbiturate groups is 1. The van der Waals surface area contributed by atoms with Gasteiger partial charge in [-0.1, -0.05) is 6.07 Å². The van der Waals surface area contributed by atoms with Crippen LogP contribution in [0.4, 0.5) is 10.5 Å². The summed E-state index contributed by atoms with van der Waals surface area (Å²) in [5, 5.41) is 12.2. The second-order valence-electron chi connectivity index (χ2n) is 6.36. The van der Waals surface area contributed by atoms with Crippen LogP contribution in [0.15, 0.2) is 35.9 Å². The van der Waals surface area contributed by atoms with Gasteiger partial charge in [-0.15, -0.1) is 0 Å². The van der Waals surface area contributed by atoms with Gasteiger partial charge >= 0.3 is 6.03 Å². The van der Waals surface area contributed by atoms with Gasteiger partial charge in [-0.3, -0.25) is 14.9 Å². The standard InChI is InChI=1S/C20H17IN2O5/c1-10-4-11(2)6-13(5-10)23-19(26)14(18(25)22-20(23)27)7-12-8-15(21)17(24)16(9-12)28-3/h4-9,24H,1-3H3,(H,22,25,27)/b14-7-. The van der Waals surface area contributed by atoms with Crippen LogP contribution in [0.1, 0.15) is 16.7 Å². The number of hydrogen-bond donors (Lipinski definition) is 2. The van der Waals surface area contributed by atoms with Crippen LogP contribution in [0.2, 0.25) is 0 Å². The number of imide groups is 2. The van der Waals surface area contributed by atoms with E-state index < -0.39 is 17.8 Å². The van der Waals surface area contributed by atoms with Gasteiger partial charge in [-0.05, 0) is 83.5 Å². The summed E-state index contributed by atoms with van der Waals surface area (Å²) in [6, 6.07) is 7.62. The highest BCUT2D eigenvalue weighted by atomic mass is 127. The number of aryl methyl sites for hydroxylation is 2. The molecule has 28 heavy (non-hydrogen) atoms. The van der Waals surface area contributed by atoms with Gasteiger partial charge in [-0.2, -0.15) is 0 Å². The lowest BCUT2D eigenvalue weighted by Gasteiger charge is -2.27. The Morgan fingerprint density at radius 1 is 1.07 bits per heavy atom. The lowest BCUT2D eigenvalue weighted by atomic mass is 10.1. The summed E-state index contributed by atoms with van der Waals surface area (Å²) in [5.74, 6) is -1.32. The van der Waals surface area contributed by atoms with Crippen LogP contribution in [-0.4, -0.2) is 30.1 Å². The van der Waals surface area contributed by atoms with Crippen molar-refractivity contribution in [2.45, 2.75) is 13.8 Å². The molecular formula is C20H17IN2O5. The van der Waals surface area contributed by atoms with Crippen molar-refractivity contribution in [1.82, 2.24) is 5.32 Å². The second-order valence-corrected chi connectivity index (χ2v) is 7.52. The summed E-state index contributed by atoms with van der Waals surface area (Å²) in [6.07, 6.45) is 1.36. The van der Waals surface area contributed by atoms with Gasteiger partial charge in [0.2, 0.25) is 0 Å². The Labute approximate surface area is 175 Å². The fourth-order valence-corrected chi connectivity index (χ4v) is 3.60. The van der Waals surface area contributed by atoms with Gasteiger partial charge in [0.05, 0.1) is 16.4 Å². The first-order chi connectivity index (χ1) is 13.2. The summed E-state index contributed by atoms with van der Waals surface area (Å²) in [5.41, 5.74) is 2.44. The van der Waals surface area contributed by atoms with Gasteiger partial charge in [0, 0.05) is 0 Å². The molecule has 0 unspecified atom stereocenters. The molecule has 3 rings (SSSR count). The SMILES string of the molecule is COc1cc(/C=C2/C(=O)NC(=O)N(c3cc(C)cc(C)c3)C2=O)cc(I)c1O. The van der Waals surface area contributed by atoms with Crippen molar-refractivity contribution < 1.29 is 24.2 Å². The normalized spacial score (nSPS) is 15.8. The van der Waals surface area contributed by atoms with E-state index in [9.17, 15) is 19.5 Å². The maximum atomic E-state index is 13.0. The first kappa shape index (κ1) is 19.9. The third-order valence-corrected chi connectivity index (χ3v) is 4.97. The zero-order valence-corrected chi connectivity index (χ0v) is 17.5. The van der Waals surface area contributed by atoms with Gasteiger partial charge in [0.1, 0.15) is 5.57 Å². The number of ether oxygens (including phenoxy) is 1. The largest absolute Gasteiger partial charge is 0.504 e. The molecule has 1 heterocycles. The number of hydrogen-bond acceptors (Lipinski definition) is 5. The highest BCUT2D eigenvalue weighted by molar-refractivity contribution is 14.1. The number of aromatic hydroxyl groups is 1. The van der Waals surface area contributed by atoms with Crippen LogP contribution >= 0.6 is 22.6 Å². The molecule has 0 spiro atoms. The molecular weight excluding hydrogens is 475 g/mol. The molecule has 1 fully saturated rings. The van der Waals surface area contributed by atoms with Crippen molar-refractivity contribution in [3.63, 3.8) is 0 Å². The molecule has 1 aliphatic heterocycles. The van der Waals surface area contributed by atoms with Crippen LogP contribution in [0.5, 0.6) is 11.5 Å². The van der Waals surface area contributed by atoms with E-state index in [1.165, 1.54) is 19.3 Å². The Bertz CT molecular complexity index is 1020. The predicted molar refractivity (Wildman–Crippen MR) is 112 cm³/mol. The minimum atomic E-state index is -0.796. The Balaban J connectivity index is 2.07. The van der Waals surface area contributed by atoms with E-state index in [1.54, 1.807) is 18.2 Å². The van der Waals surface area contributed by atoms with E-state index in [2.05, 4.69) is 5.32 Å². The first-order valence-corrected chi connectivity index (χ1v) is 9.35. The van der Waals surface area contributed by atoms with Crippen molar-refractivity contribution in [2.75, 3.05) is 12.0 Å². The summed E-state index contributed by atoms with van der Waals surface area (Å²) in [7, 11) is 1.40. The number of urea groups is 1. The monoisotopic (exact) mass is 492 g/mol. The fourth-order valence-electron chi connectivity index (χ4n) is 2.97. The van der Waals surface area contributed by atoms with Gasteiger partial charge in [-0.25, -0.2) is 9.69 Å². The van der Waals surface area contributed by atoms with Crippen LogP contribution in [0.3, 0.4) is 0 Å². The van der Waals surface area contributed by atoms with Crippen LogP contribution < -0.4 is 15.0 Å². The zero-order chi connectivity index (χ0) is 20.6. The van der Waals surface area contributed by atoms with E-state index in [-0.39, 0.29) is 17.1 Å². The average Bonchev–Trinajstić information content (AvgIpc) is 2.60. The first-order valence-electron chi connectivity index (χ1n) is 8.27. The predicted octanol–water partition coefficient (Wildman–Crippen LogP) is 3.29. The highest BCUT2D eigenvalue weighted by Gasteiger charge is 2.37. The molecule has 0 atom stereocenters. The number of carbonyl (C=O) groups excluding carboxylic acids is 3. The Morgan fingerprint density at radius 2 is 1.71 bits per heavy atom. The molecule has 2 aromatic rings. The van der Waals surface area contributed by atoms with E-state index in [1.807, 2.05) is 42.5 Å². The molecule has 2 N–H and O–H groups in total. The molecule has 144 valence electrons. The van der Waals surface area contributed by atoms with Gasteiger partial charge < -0.3 is 9.84 Å². The number of carbonyl (C=O) groups is 3. The lowest BCUT2D eigenvalue weighted by molar-refractivity contribution is -0.122. The molecule has 0 radical (unpaired) electrons. The minimum Gasteiger partial charge on any atom is -0.504 e. The minimum absolute atomic E-state index is 0.0308. The second kappa shape index (κ2) is 7.63. The number of nitrogens with zero attached hydrogens (tertiary/aromatic N) is 1. The Hall–Kier alpha value is -2.88. The molecule has 0 saturated carbocycles. The van der Waals surface area contributed by atoms with Crippen molar-refractivity contribution in [3.05, 3.63) is 56.2 Å². The number of methoxy groups -OCH3 is 1. The summed E-state index contributed by atoms with van der Waals surface area (Å²) >= 11 is 1.92. The van der Waals surface area contributed by atoms with E-state index >= 15 is 0 Å². The van der Waals surface area contributed by atoms with Crippen LogP contribution in [-0.2, 0) is 9.59 Å². The molecule has 0 bridgehead atoms. The quantitative estimate of drug-likeness (QED) is 0.390. The third-order valence-electron chi connectivity index (χ3n) is 4.15. The molecule has 1 saturated heterocycles. The number of benzene rings is 2. The molecule has 0 aliphatic carbocycles. The highest BCUT2D eigenvalue weighted by Crippen LogP contribution is 2.33. The van der Waals surface area contributed by atoms with Gasteiger partial charge in [0.15, 0.2) is 11.5 Å². The number of anilines is 1. The molecule has 7 nitrogen and oxygen atoms in total. The van der Waals surface area contributed by atoms with Crippen molar-refractivity contribution in [1.29, 1.82) is 0 Å². The van der Waals surface area contributed by atoms with E-state index in [4.69, 9.17) is 4.74 Å². The lowest BCUT2D eigenvalue weighted by Crippen LogP contribution is -2.54. The maximum Gasteiger partial charge on any atom is 0.335 e. The third kappa shape index (κ3) is 3.72. The molecule has 2 aromatic carbocycles. The number of nitrogens with one attached hydrogen (secondary N) is 1. The molecule has 1 aliphatic rings. The average molecular weight is 492 g/mol. The number of amides is 4. The zero-order valence-electron chi connectivity index (χ0n) is 15.4. The summed E-state index contributed by atoms with van der Waals surface area (Å²) in [6.45, 7) is 3.71. The maximum absolute atomic E-state index is 13.0. The van der Waals surface area contributed by atoms with Crippen LogP contribution in [0.25, 0.3) is 6.08 Å². The molecule has 4 amide bonds. The summed E-state index contributed by atoms with van der Waals surface area (Å²) in [4.78, 5) is 38.5. The van der Waals surface area contributed by atoms with E-state index in [0.717, 1.165) is 16.0 Å². The van der Waals surface area contributed by atoms with Crippen molar-refractivity contribution in [2.24, 2.45) is 0 Å². The number of halogens is 1. The Kier molecular flexibility index (Phi) is 5.41. The van der Waals surface area contributed by atoms with Gasteiger partial charge in [0.25, 0.3) is 11.8 Å². The van der Waals surface area contributed by atoms with E-state index in [0.29, 0.717) is 14.8 Å². The topological polar surface area (TPSA) is 95.9 Å². The number of rotatable bonds is 3. The summed E-state index contributed by atoms with van der Waals surface area (Å²) < 4.78 is 5.60. The Morgan fingerprint density at radius 3 is 2.32 bits per heavy atom.